The van der Waals surface area contributed by atoms with Crippen molar-refractivity contribution in [1.29, 1.82) is 5.26 Å². The highest BCUT2D eigenvalue weighted by Gasteiger charge is 2.12. The average Bonchev–Trinajstić information content (AvgIpc) is 3.26. The number of aromatic nitrogens is 1. The quantitative estimate of drug-likeness (QED) is 0.179. The molecule has 160 valence electrons. The van der Waals surface area contributed by atoms with Gasteiger partial charge in [0.25, 0.3) is 0 Å². The van der Waals surface area contributed by atoms with Gasteiger partial charge in [-0.1, -0.05) is 66.2 Å². The van der Waals surface area contributed by atoms with E-state index < -0.39 is 0 Å². The highest BCUT2D eigenvalue weighted by atomic mass is 35.5. The van der Waals surface area contributed by atoms with Gasteiger partial charge in [-0.3, -0.25) is 0 Å². The third-order valence-corrected chi connectivity index (χ3v) is 7.37. The molecule has 5 rings (SSSR count). The van der Waals surface area contributed by atoms with Gasteiger partial charge in [-0.05, 0) is 64.5 Å². The first kappa shape index (κ1) is 21.5. The van der Waals surface area contributed by atoms with Gasteiger partial charge < -0.3 is 4.74 Å². The Hall–Kier alpha value is -3.30. The second kappa shape index (κ2) is 9.68. The number of nitriles is 1. The Balaban J connectivity index is 1.51. The fourth-order valence-electron chi connectivity index (χ4n) is 3.50. The number of thiazole rings is 1. The topological polar surface area (TPSA) is 45.9 Å². The minimum absolute atomic E-state index is 0.406. The van der Waals surface area contributed by atoms with E-state index in [1.807, 2.05) is 84.9 Å². The van der Waals surface area contributed by atoms with Crippen LogP contribution in [0.2, 0.25) is 5.02 Å². The third kappa shape index (κ3) is 4.89. The highest BCUT2D eigenvalue weighted by molar-refractivity contribution is 8.05. The number of nitrogens with zero attached hydrogens (tertiary/aromatic N) is 2. The number of para-hydroxylation sites is 1. The molecule has 0 radical (unpaired) electrons. The van der Waals surface area contributed by atoms with Crippen LogP contribution in [0.5, 0.6) is 5.75 Å². The van der Waals surface area contributed by atoms with E-state index in [0.717, 1.165) is 42.2 Å². The van der Waals surface area contributed by atoms with Crippen LogP contribution >= 0.6 is 34.7 Å². The molecule has 4 aromatic carbocycles. The molecule has 0 spiro atoms. The Kier molecular flexibility index (Phi) is 6.32. The van der Waals surface area contributed by atoms with E-state index in [9.17, 15) is 5.26 Å². The van der Waals surface area contributed by atoms with Gasteiger partial charge >= 0.3 is 0 Å². The summed E-state index contributed by atoms with van der Waals surface area (Å²) in [6.45, 7) is 0.406. The number of halogens is 1. The number of benzene rings is 4. The molecule has 0 fully saturated rings. The maximum atomic E-state index is 9.90. The molecule has 6 heteroatoms. The number of thioether (sulfide) groups is 1. The van der Waals surface area contributed by atoms with Crippen LogP contribution in [0.1, 0.15) is 11.1 Å². The molecule has 0 aliphatic heterocycles. The Morgan fingerprint density at radius 2 is 1.79 bits per heavy atom. The molecule has 0 aliphatic carbocycles. The van der Waals surface area contributed by atoms with Gasteiger partial charge in [0.05, 0.1) is 15.1 Å². The normalized spacial score (nSPS) is 11.6. The van der Waals surface area contributed by atoms with Crippen molar-refractivity contribution < 1.29 is 4.74 Å². The minimum atomic E-state index is 0.406. The van der Waals surface area contributed by atoms with E-state index in [2.05, 4.69) is 17.1 Å². The van der Waals surface area contributed by atoms with Crippen LogP contribution in [0.3, 0.4) is 0 Å². The zero-order valence-corrected chi connectivity index (χ0v) is 19.8. The van der Waals surface area contributed by atoms with Crippen molar-refractivity contribution in [2.45, 2.75) is 10.9 Å². The van der Waals surface area contributed by atoms with Gasteiger partial charge in [0.15, 0.2) is 4.34 Å². The number of fused-ring (bicyclic) bond motifs is 2. The van der Waals surface area contributed by atoms with Crippen LogP contribution in [0.15, 0.2) is 94.2 Å². The van der Waals surface area contributed by atoms with E-state index >= 15 is 0 Å². The van der Waals surface area contributed by atoms with Crippen molar-refractivity contribution in [3.8, 4) is 11.8 Å². The summed E-state index contributed by atoms with van der Waals surface area (Å²) in [5, 5.41) is 12.7. The number of hydrogen-bond donors (Lipinski definition) is 0. The highest BCUT2D eigenvalue weighted by Crippen LogP contribution is 2.37. The van der Waals surface area contributed by atoms with Crippen LogP contribution in [-0.4, -0.2) is 4.98 Å². The van der Waals surface area contributed by atoms with E-state index in [0.29, 0.717) is 16.5 Å². The summed E-state index contributed by atoms with van der Waals surface area (Å²) in [4.78, 5) is 5.21. The summed E-state index contributed by atoms with van der Waals surface area (Å²) < 4.78 is 8.14. The second-order valence-corrected chi connectivity index (χ2v) is 10.0. The number of allylic oxidation sites excluding steroid dienone is 1. The summed E-state index contributed by atoms with van der Waals surface area (Å²) in [7, 11) is 0. The molecule has 0 amide bonds. The smallest absolute Gasteiger partial charge is 0.156 e. The molecule has 33 heavy (non-hydrogen) atoms. The maximum absolute atomic E-state index is 9.90. The molecule has 0 unspecified atom stereocenters. The third-order valence-electron chi connectivity index (χ3n) is 5.10. The predicted molar refractivity (Wildman–Crippen MR) is 139 cm³/mol. The van der Waals surface area contributed by atoms with Crippen molar-refractivity contribution in [3.63, 3.8) is 0 Å². The zero-order chi connectivity index (χ0) is 22.6. The Morgan fingerprint density at radius 3 is 2.61 bits per heavy atom. The molecule has 5 aromatic rings. The molecular weight excluding hydrogens is 468 g/mol. The fourth-order valence-corrected chi connectivity index (χ4v) is 5.58. The minimum Gasteiger partial charge on any atom is -0.488 e. The summed E-state index contributed by atoms with van der Waals surface area (Å²) in [5.41, 5.74) is 2.85. The van der Waals surface area contributed by atoms with Gasteiger partial charge in [-0.15, -0.1) is 11.3 Å². The Bertz CT molecular complexity index is 1480. The van der Waals surface area contributed by atoms with Crippen LogP contribution in [0.25, 0.3) is 27.1 Å². The van der Waals surface area contributed by atoms with Crippen molar-refractivity contribution in [1.82, 2.24) is 4.98 Å². The van der Waals surface area contributed by atoms with Crippen molar-refractivity contribution in [3.05, 3.63) is 106 Å². The van der Waals surface area contributed by atoms with Crippen molar-refractivity contribution in [2.24, 2.45) is 0 Å². The first-order valence-electron chi connectivity index (χ1n) is 10.2. The maximum Gasteiger partial charge on any atom is 0.156 e. The molecule has 0 aliphatic rings. The van der Waals surface area contributed by atoms with Gasteiger partial charge in [0.2, 0.25) is 0 Å². The Morgan fingerprint density at radius 1 is 1.00 bits per heavy atom. The van der Waals surface area contributed by atoms with Crippen LogP contribution in [0.4, 0.5) is 0 Å². The average molecular weight is 485 g/mol. The van der Waals surface area contributed by atoms with Gasteiger partial charge in [-0.2, -0.15) is 5.26 Å². The molecule has 3 nitrogen and oxygen atoms in total. The van der Waals surface area contributed by atoms with Crippen LogP contribution < -0.4 is 4.74 Å². The van der Waals surface area contributed by atoms with Gasteiger partial charge in [-0.25, -0.2) is 4.98 Å². The second-order valence-electron chi connectivity index (χ2n) is 7.28. The first-order valence-corrected chi connectivity index (χ1v) is 12.2. The Labute approximate surface area is 204 Å². The summed E-state index contributed by atoms with van der Waals surface area (Å²) in [6, 6.07) is 30.0. The van der Waals surface area contributed by atoms with Crippen LogP contribution in [-0.2, 0) is 6.61 Å². The number of rotatable bonds is 6. The van der Waals surface area contributed by atoms with Gasteiger partial charge in [0, 0.05) is 10.6 Å². The molecular formula is C27H17ClN2OS2. The van der Waals surface area contributed by atoms with E-state index in [4.69, 9.17) is 16.3 Å². The monoisotopic (exact) mass is 484 g/mol. The van der Waals surface area contributed by atoms with E-state index in [-0.39, 0.29) is 0 Å². The molecule has 0 saturated heterocycles. The predicted octanol–water partition coefficient (Wildman–Crippen LogP) is 8.34. The largest absolute Gasteiger partial charge is 0.488 e. The standard InChI is InChI=1S/C27H17ClN2OS2/c28-20-12-9-18(10-13-20)17-31-25-14-11-19-5-1-2-6-22(19)23(25)15-21(16-29)32-27-30-24-7-3-4-8-26(24)33-27/h1-15H,17H2/b21-15+. The molecule has 1 aromatic heterocycles. The molecule has 0 N–H and O–H groups in total. The van der Waals surface area contributed by atoms with Gasteiger partial charge in [0.1, 0.15) is 18.4 Å². The molecule has 1 heterocycles. The van der Waals surface area contributed by atoms with Crippen molar-refractivity contribution >= 4 is 61.8 Å². The summed E-state index contributed by atoms with van der Waals surface area (Å²) >= 11 is 8.96. The van der Waals surface area contributed by atoms with Crippen molar-refractivity contribution in [2.75, 3.05) is 0 Å². The summed E-state index contributed by atoms with van der Waals surface area (Å²) in [5.74, 6) is 0.723. The molecule has 0 bridgehead atoms. The van der Waals surface area contributed by atoms with E-state index in [1.165, 1.54) is 11.8 Å². The zero-order valence-electron chi connectivity index (χ0n) is 17.4. The lowest BCUT2D eigenvalue weighted by molar-refractivity contribution is 0.306. The fraction of sp³-hybridized carbons (Fsp3) is 0.0370. The summed E-state index contributed by atoms with van der Waals surface area (Å²) in [6.07, 6.45) is 1.90. The van der Waals surface area contributed by atoms with E-state index in [1.54, 1.807) is 11.3 Å². The number of ether oxygens (including phenoxy) is 1. The SMILES string of the molecule is N#C/C(=C\c1c(OCc2ccc(Cl)cc2)ccc2ccccc12)Sc1nc2ccccc2s1. The van der Waals surface area contributed by atoms with Crippen LogP contribution in [0, 0.1) is 11.3 Å². The molecule has 0 saturated carbocycles. The lowest BCUT2D eigenvalue weighted by Gasteiger charge is -2.13. The first-order chi connectivity index (χ1) is 16.2. The molecule has 0 atom stereocenters. The number of hydrogen-bond acceptors (Lipinski definition) is 5. The lowest BCUT2D eigenvalue weighted by atomic mass is 10.0. The lowest BCUT2D eigenvalue weighted by Crippen LogP contribution is -1.97.